The summed E-state index contributed by atoms with van der Waals surface area (Å²) in [4.78, 5) is 18.1. The van der Waals surface area contributed by atoms with E-state index in [1.54, 1.807) is 12.4 Å². The summed E-state index contributed by atoms with van der Waals surface area (Å²) in [5.41, 5.74) is 4.57. The van der Waals surface area contributed by atoms with Crippen molar-refractivity contribution < 1.29 is 8.78 Å². The van der Waals surface area contributed by atoms with Crippen molar-refractivity contribution in [1.82, 2.24) is 24.8 Å². The van der Waals surface area contributed by atoms with Gasteiger partial charge in [-0.05, 0) is 29.8 Å². The van der Waals surface area contributed by atoms with Crippen molar-refractivity contribution in [2.75, 3.05) is 6.54 Å². The summed E-state index contributed by atoms with van der Waals surface area (Å²) in [5.74, 6) is -0.863. The Kier molecular flexibility index (Phi) is 3.75. The lowest BCUT2D eigenvalue weighted by atomic mass is 10.0. The molecule has 0 unspecified atom stereocenters. The number of rotatable bonds is 3. The Morgan fingerprint density at radius 3 is 2.85 bits per heavy atom. The number of benzene rings is 2. The van der Waals surface area contributed by atoms with Crippen LogP contribution in [-0.2, 0) is 13.0 Å². The molecule has 1 aliphatic heterocycles. The van der Waals surface area contributed by atoms with Crippen LogP contribution in [0.15, 0.2) is 48.8 Å². The van der Waals surface area contributed by atoms with E-state index in [0.29, 0.717) is 12.1 Å². The van der Waals surface area contributed by atoms with Gasteiger partial charge in [-0.3, -0.25) is 4.90 Å². The Hall–Kier alpha value is -3.06. The van der Waals surface area contributed by atoms with Crippen molar-refractivity contribution in [3.05, 3.63) is 83.2 Å². The molecule has 136 valence electrons. The van der Waals surface area contributed by atoms with Gasteiger partial charge in [0.2, 0.25) is 0 Å². The van der Waals surface area contributed by atoms with E-state index in [0.717, 1.165) is 41.2 Å². The first kappa shape index (κ1) is 16.1. The van der Waals surface area contributed by atoms with E-state index >= 15 is 0 Å². The van der Waals surface area contributed by atoms with Crippen LogP contribution in [0.2, 0.25) is 0 Å². The number of imidazole rings is 2. The topological polar surface area (TPSA) is 60.6 Å². The molecule has 0 amide bonds. The van der Waals surface area contributed by atoms with Crippen LogP contribution in [0.3, 0.4) is 0 Å². The molecule has 1 aliphatic rings. The lowest BCUT2D eigenvalue weighted by Crippen LogP contribution is -2.36. The highest BCUT2D eigenvalue weighted by molar-refractivity contribution is 5.75. The maximum absolute atomic E-state index is 13.7. The highest BCUT2D eigenvalue weighted by Gasteiger charge is 2.33. The fourth-order valence-corrected chi connectivity index (χ4v) is 3.77. The summed E-state index contributed by atoms with van der Waals surface area (Å²) in [6, 6.07) is 11.7. The average molecular weight is 365 g/mol. The fraction of sp³-hybridized carbons (Fsp3) is 0.200. The average Bonchev–Trinajstić information content (AvgIpc) is 3.31. The molecule has 2 N–H and O–H groups in total. The number of para-hydroxylation sites is 2. The molecule has 0 saturated heterocycles. The smallest absolute Gasteiger partial charge is 0.159 e. The van der Waals surface area contributed by atoms with Crippen LogP contribution in [0.5, 0.6) is 0 Å². The zero-order valence-electron chi connectivity index (χ0n) is 14.4. The van der Waals surface area contributed by atoms with Crippen molar-refractivity contribution in [3.63, 3.8) is 0 Å². The molecule has 2 aromatic heterocycles. The van der Waals surface area contributed by atoms with E-state index in [4.69, 9.17) is 4.98 Å². The first-order valence-corrected chi connectivity index (χ1v) is 8.84. The van der Waals surface area contributed by atoms with Gasteiger partial charge in [0.05, 0.1) is 23.1 Å². The van der Waals surface area contributed by atoms with Gasteiger partial charge in [-0.15, -0.1) is 0 Å². The number of aromatic nitrogens is 4. The van der Waals surface area contributed by atoms with Crippen molar-refractivity contribution >= 4 is 11.0 Å². The quantitative estimate of drug-likeness (QED) is 0.582. The second kappa shape index (κ2) is 6.28. The lowest BCUT2D eigenvalue weighted by molar-refractivity contribution is 0.194. The predicted octanol–water partition coefficient (Wildman–Crippen LogP) is 3.71. The van der Waals surface area contributed by atoms with E-state index in [-0.39, 0.29) is 6.04 Å². The Bertz CT molecular complexity index is 1080. The lowest BCUT2D eigenvalue weighted by Gasteiger charge is -2.33. The van der Waals surface area contributed by atoms with E-state index < -0.39 is 11.6 Å². The highest BCUT2D eigenvalue weighted by Crippen LogP contribution is 2.34. The molecule has 0 fully saturated rings. The second-order valence-corrected chi connectivity index (χ2v) is 6.78. The molecular formula is C20H17F2N5. The summed E-state index contributed by atoms with van der Waals surface area (Å²) < 4.78 is 26.9. The molecule has 0 bridgehead atoms. The molecule has 0 saturated carbocycles. The molecule has 27 heavy (non-hydrogen) atoms. The van der Waals surface area contributed by atoms with Crippen LogP contribution in [0.4, 0.5) is 8.78 Å². The number of aromatic amines is 2. The number of nitrogens with zero attached hydrogens (tertiary/aromatic N) is 3. The van der Waals surface area contributed by atoms with Crippen molar-refractivity contribution in [2.45, 2.75) is 19.0 Å². The monoisotopic (exact) mass is 365 g/mol. The van der Waals surface area contributed by atoms with E-state index in [1.807, 2.05) is 24.3 Å². The Morgan fingerprint density at radius 2 is 2.00 bits per heavy atom. The predicted molar refractivity (Wildman–Crippen MR) is 97.0 cm³/mol. The first-order chi connectivity index (χ1) is 13.2. The number of halogens is 2. The maximum Gasteiger partial charge on any atom is 0.159 e. The number of hydrogen-bond acceptors (Lipinski definition) is 3. The molecule has 2 aromatic carbocycles. The third kappa shape index (κ3) is 2.80. The molecule has 5 rings (SSSR count). The molecule has 1 atom stereocenters. The van der Waals surface area contributed by atoms with Gasteiger partial charge in [0, 0.05) is 25.2 Å². The largest absolute Gasteiger partial charge is 0.348 e. The second-order valence-electron chi connectivity index (χ2n) is 6.78. The third-order valence-electron chi connectivity index (χ3n) is 5.06. The van der Waals surface area contributed by atoms with Gasteiger partial charge in [-0.25, -0.2) is 18.7 Å². The Balaban J connectivity index is 1.56. The summed E-state index contributed by atoms with van der Waals surface area (Å²) in [7, 11) is 0. The van der Waals surface area contributed by atoms with Crippen molar-refractivity contribution in [1.29, 1.82) is 0 Å². The van der Waals surface area contributed by atoms with Crippen LogP contribution < -0.4 is 0 Å². The zero-order chi connectivity index (χ0) is 18.4. The minimum Gasteiger partial charge on any atom is -0.348 e. The molecule has 3 heterocycles. The van der Waals surface area contributed by atoms with Crippen molar-refractivity contribution in [3.8, 4) is 0 Å². The van der Waals surface area contributed by atoms with Gasteiger partial charge in [-0.2, -0.15) is 0 Å². The third-order valence-corrected chi connectivity index (χ3v) is 5.06. The minimum atomic E-state index is -0.833. The number of hydrogen-bond donors (Lipinski definition) is 2. The summed E-state index contributed by atoms with van der Waals surface area (Å²) in [5, 5.41) is 0. The van der Waals surface area contributed by atoms with Crippen LogP contribution in [0.25, 0.3) is 11.0 Å². The molecular weight excluding hydrogens is 348 g/mol. The van der Waals surface area contributed by atoms with Gasteiger partial charge in [0.25, 0.3) is 0 Å². The van der Waals surface area contributed by atoms with E-state index in [9.17, 15) is 8.78 Å². The van der Waals surface area contributed by atoms with Crippen molar-refractivity contribution in [2.24, 2.45) is 0 Å². The standard InChI is InChI=1S/C20H17F2N5/c21-13-6-5-12(9-14(13)22)10-27-8-7-17-18(24-11-23-17)19(27)20-25-15-3-1-2-4-16(15)26-20/h1-6,9,11,19H,7-8,10H2,(H,23,24)(H,25,26)/t19-/m1/s1. The Labute approximate surface area is 154 Å². The zero-order valence-corrected chi connectivity index (χ0v) is 14.4. The highest BCUT2D eigenvalue weighted by atomic mass is 19.2. The van der Waals surface area contributed by atoms with Gasteiger partial charge in [0.15, 0.2) is 11.6 Å². The summed E-state index contributed by atoms with van der Waals surface area (Å²) >= 11 is 0. The summed E-state index contributed by atoms with van der Waals surface area (Å²) in [6.07, 6.45) is 2.51. The minimum absolute atomic E-state index is 0.180. The fourth-order valence-electron chi connectivity index (χ4n) is 3.77. The number of H-pyrrole nitrogens is 2. The van der Waals surface area contributed by atoms with Gasteiger partial charge < -0.3 is 9.97 Å². The van der Waals surface area contributed by atoms with Gasteiger partial charge in [0.1, 0.15) is 11.9 Å². The Morgan fingerprint density at radius 1 is 1.11 bits per heavy atom. The molecule has 5 nitrogen and oxygen atoms in total. The molecule has 4 aromatic rings. The van der Waals surface area contributed by atoms with Crippen LogP contribution in [0, 0.1) is 11.6 Å². The summed E-state index contributed by atoms with van der Waals surface area (Å²) in [6.45, 7) is 1.24. The normalized spacial score (nSPS) is 17.3. The van der Waals surface area contributed by atoms with E-state index in [1.165, 1.54) is 12.1 Å². The molecule has 0 spiro atoms. The van der Waals surface area contributed by atoms with Crippen LogP contribution in [-0.4, -0.2) is 31.4 Å². The SMILES string of the molecule is Fc1ccc(CN2CCc3[nH]cnc3[C@@H]2c2nc3ccccc3[nH]2)cc1F. The van der Waals surface area contributed by atoms with E-state index in [2.05, 4.69) is 19.9 Å². The molecule has 0 radical (unpaired) electrons. The first-order valence-electron chi connectivity index (χ1n) is 8.84. The van der Waals surface area contributed by atoms with Gasteiger partial charge in [-0.1, -0.05) is 18.2 Å². The molecule has 0 aliphatic carbocycles. The van der Waals surface area contributed by atoms with Crippen LogP contribution in [0.1, 0.15) is 28.8 Å². The maximum atomic E-state index is 13.7. The number of fused-ring (bicyclic) bond motifs is 2. The number of nitrogens with one attached hydrogen (secondary N) is 2. The van der Waals surface area contributed by atoms with Crippen LogP contribution >= 0.6 is 0 Å². The molecule has 7 heteroatoms. The van der Waals surface area contributed by atoms with Gasteiger partial charge >= 0.3 is 0 Å².